The van der Waals surface area contributed by atoms with Gasteiger partial charge in [-0.25, -0.2) is 17.8 Å². The lowest BCUT2D eigenvalue weighted by Gasteiger charge is -2.08. The van der Waals surface area contributed by atoms with Gasteiger partial charge in [0.15, 0.2) is 0 Å². The van der Waals surface area contributed by atoms with Crippen LogP contribution in [-0.4, -0.2) is 13.4 Å². The lowest BCUT2D eigenvalue weighted by Crippen LogP contribution is -2.14. The quantitative estimate of drug-likeness (QED) is 0.661. The largest absolute Gasteiger partial charge is 0.277 e. The van der Waals surface area contributed by atoms with Gasteiger partial charge in [-0.1, -0.05) is 11.6 Å². The molecule has 2 heterocycles. The number of aryl methyl sites for hydroxylation is 2. The predicted octanol–water partition coefficient (Wildman–Crippen LogP) is 5.08. The van der Waals surface area contributed by atoms with Gasteiger partial charge < -0.3 is 0 Å². The molecule has 3 rings (SSSR count). The summed E-state index contributed by atoms with van der Waals surface area (Å²) in [5.74, 6) is -0.727. The molecule has 1 N–H and O–H groups in total. The monoisotopic (exact) mass is 402 g/mol. The van der Waals surface area contributed by atoms with Crippen molar-refractivity contribution in [3.8, 4) is 10.6 Å². The third kappa shape index (κ3) is 3.46. The van der Waals surface area contributed by atoms with Crippen molar-refractivity contribution in [1.82, 2.24) is 4.98 Å². The molecule has 2 aromatic heterocycles. The van der Waals surface area contributed by atoms with Crippen LogP contribution in [0.1, 0.15) is 9.88 Å². The molecule has 0 unspecified atom stereocenters. The summed E-state index contributed by atoms with van der Waals surface area (Å²) in [5, 5.41) is 2.98. The average Bonchev–Trinajstić information content (AvgIpc) is 3.08. The van der Waals surface area contributed by atoms with Gasteiger partial charge in [0, 0.05) is 15.3 Å². The van der Waals surface area contributed by atoms with Crippen molar-refractivity contribution in [3.63, 3.8) is 0 Å². The number of hydrogen-bond donors (Lipinski definition) is 1. The third-order valence-electron chi connectivity index (χ3n) is 3.21. The smallest absolute Gasteiger partial charge is 0.263 e. The Balaban J connectivity index is 1.96. The van der Waals surface area contributed by atoms with Crippen molar-refractivity contribution < 1.29 is 12.8 Å². The Morgan fingerprint density at radius 3 is 2.62 bits per heavy atom. The highest BCUT2D eigenvalue weighted by molar-refractivity contribution is 7.93. The fourth-order valence-corrected chi connectivity index (χ4v) is 5.57. The van der Waals surface area contributed by atoms with Crippen LogP contribution in [0.3, 0.4) is 0 Å². The summed E-state index contributed by atoms with van der Waals surface area (Å²) in [6, 6.07) is 5.34. The van der Waals surface area contributed by atoms with E-state index in [4.69, 9.17) is 11.6 Å². The number of nitrogens with zero attached hydrogens (tertiary/aromatic N) is 1. The highest BCUT2D eigenvalue weighted by Crippen LogP contribution is 2.35. The van der Waals surface area contributed by atoms with Gasteiger partial charge in [-0.05, 0) is 38.1 Å². The molecule has 24 heavy (non-hydrogen) atoms. The second-order valence-electron chi connectivity index (χ2n) is 5.01. The molecule has 0 spiro atoms. The summed E-state index contributed by atoms with van der Waals surface area (Å²) in [6.07, 6.45) is 0. The van der Waals surface area contributed by atoms with Crippen molar-refractivity contribution in [2.75, 3.05) is 4.72 Å². The van der Waals surface area contributed by atoms with Gasteiger partial charge >= 0.3 is 0 Å². The first-order valence-electron chi connectivity index (χ1n) is 6.77. The second-order valence-corrected chi connectivity index (χ2v) is 9.42. The lowest BCUT2D eigenvalue weighted by molar-refractivity contribution is 0.598. The molecule has 1 aromatic carbocycles. The minimum atomic E-state index is -3.91. The van der Waals surface area contributed by atoms with E-state index in [1.54, 1.807) is 13.0 Å². The number of rotatable bonds is 4. The van der Waals surface area contributed by atoms with Gasteiger partial charge in [0.05, 0.1) is 21.3 Å². The van der Waals surface area contributed by atoms with Crippen LogP contribution in [0.5, 0.6) is 0 Å². The van der Waals surface area contributed by atoms with E-state index >= 15 is 0 Å². The third-order valence-corrected chi connectivity index (χ3v) is 6.91. The Hall–Kier alpha value is -1.48. The van der Waals surface area contributed by atoms with Crippen molar-refractivity contribution in [2.45, 2.75) is 18.7 Å². The SMILES string of the molecule is Cc1nc(-c2cc(S(=O)(=O)Nc3ccc(Cl)cc3F)c(C)s2)cs1. The van der Waals surface area contributed by atoms with E-state index < -0.39 is 15.8 Å². The molecule has 0 aliphatic heterocycles. The Labute approximate surface area is 152 Å². The van der Waals surface area contributed by atoms with E-state index in [1.807, 2.05) is 12.3 Å². The molecule has 9 heteroatoms. The molecule has 3 aromatic rings. The normalized spacial score (nSPS) is 11.7. The zero-order valence-corrected chi connectivity index (χ0v) is 15.8. The number of sulfonamides is 1. The number of anilines is 1. The number of thiazole rings is 1. The summed E-state index contributed by atoms with van der Waals surface area (Å²) in [5.41, 5.74) is 0.598. The Morgan fingerprint density at radius 1 is 1.25 bits per heavy atom. The second kappa shape index (κ2) is 6.44. The van der Waals surface area contributed by atoms with Gasteiger partial charge in [-0.3, -0.25) is 4.72 Å². The minimum Gasteiger partial charge on any atom is -0.277 e. The van der Waals surface area contributed by atoms with Crippen LogP contribution >= 0.6 is 34.3 Å². The molecule has 0 atom stereocenters. The standard InChI is InChI=1S/C15H12ClFN2O2S3/c1-8-15(6-14(23-8)13-7-22-9(2)18-13)24(20,21)19-12-4-3-10(16)5-11(12)17/h3-7,19H,1-2H3. The Bertz CT molecular complexity index is 1010. The Morgan fingerprint density at radius 2 is 2.00 bits per heavy atom. The summed E-state index contributed by atoms with van der Waals surface area (Å²) in [4.78, 5) is 5.84. The van der Waals surface area contributed by atoms with Crippen LogP contribution in [-0.2, 0) is 10.0 Å². The van der Waals surface area contributed by atoms with Gasteiger partial charge in [0.25, 0.3) is 10.0 Å². The maximum absolute atomic E-state index is 13.9. The number of benzene rings is 1. The van der Waals surface area contributed by atoms with Gasteiger partial charge in [0.2, 0.25) is 0 Å². The van der Waals surface area contributed by atoms with Crippen LogP contribution in [0.15, 0.2) is 34.5 Å². The van der Waals surface area contributed by atoms with Crippen molar-refractivity contribution >= 4 is 50.0 Å². The molecule has 0 aliphatic rings. The molecule has 0 radical (unpaired) electrons. The topological polar surface area (TPSA) is 59.1 Å². The summed E-state index contributed by atoms with van der Waals surface area (Å²) in [6.45, 7) is 3.59. The summed E-state index contributed by atoms with van der Waals surface area (Å²) >= 11 is 8.51. The molecule has 0 fully saturated rings. The van der Waals surface area contributed by atoms with Crippen molar-refractivity contribution in [2.24, 2.45) is 0 Å². The van der Waals surface area contributed by atoms with Crippen molar-refractivity contribution in [1.29, 1.82) is 0 Å². The number of aromatic nitrogens is 1. The van der Waals surface area contributed by atoms with Gasteiger partial charge in [-0.15, -0.1) is 22.7 Å². The van der Waals surface area contributed by atoms with E-state index in [2.05, 4.69) is 9.71 Å². The van der Waals surface area contributed by atoms with Crippen LogP contribution in [0.4, 0.5) is 10.1 Å². The molecule has 4 nitrogen and oxygen atoms in total. The summed E-state index contributed by atoms with van der Waals surface area (Å²) < 4.78 is 41.3. The fourth-order valence-electron chi connectivity index (χ4n) is 2.11. The molecule has 0 aliphatic carbocycles. The number of nitrogens with one attached hydrogen (secondary N) is 1. The summed E-state index contributed by atoms with van der Waals surface area (Å²) in [7, 11) is -3.91. The molecular formula is C15H12ClFN2O2S3. The van der Waals surface area contributed by atoms with Crippen molar-refractivity contribution in [3.05, 3.63) is 50.4 Å². The molecule has 126 valence electrons. The van der Waals surface area contributed by atoms with E-state index in [9.17, 15) is 12.8 Å². The fraction of sp³-hybridized carbons (Fsp3) is 0.133. The first-order valence-corrected chi connectivity index (χ1v) is 10.3. The number of thiophene rings is 1. The number of halogens is 2. The molecular weight excluding hydrogens is 391 g/mol. The molecule has 0 amide bonds. The van der Waals surface area contributed by atoms with Gasteiger partial charge in [0.1, 0.15) is 10.7 Å². The first-order chi connectivity index (χ1) is 11.3. The highest BCUT2D eigenvalue weighted by atomic mass is 35.5. The van der Waals surface area contributed by atoms with Crippen LogP contribution < -0.4 is 4.72 Å². The Kier molecular flexibility index (Phi) is 4.65. The maximum atomic E-state index is 13.9. The van der Waals surface area contributed by atoms with E-state index in [0.29, 0.717) is 4.88 Å². The molecule has 0 saturated carbocycles. The van der Waals surface area contributed by atoms with E-state index in [1.165, 1.54) is 34.8 Å². The van der Waals surface area contributed by atoms with Crippen LogP contribution in [0.2, 0.25) is 5.02 Å². The minimum absolute atomic E-state index is 0.113. The van der Waals surface area contributed by atoms with Crippen LogP contribution in [0, 0.1) is 19.7 Å². The average molecular weight is 403 g/mol. The predicted molar refractivity (Wildman–Crippen MR) is 97.1 cm³/mol. The van der Waals surface area contributed by atoms with Crippen LogP contribution in [0.25, 0.3) is 10.6 Å². The molecule has 0 bridgehead atoms. The zero-order valence-electron chi connectivity index (χ0n) is 12.6. The van der Waals surface area contributed by atoms with E-state index in [0.717, 1.165) is 21.6 Å². The van der Waals surface area contributed by atoms with Gasteiger partial charge in [-0.2, -0.15) is 0 Å². The number of hydrogen-bond acceptors (Lipinski definition) is 5. The zero-order chi connectivity index (χ0) is 17.5. The first kappa shape index (κ1) is 17.3. The lowest BCUT2D eigenvalue weighted by atomic mass is 10.3. The highest BCUT2D eigenvalue weighted by Gasteiger charge is 2.22. The van der Waals surface area contributed by atoms with E-state index in [-0.39, 0.29) is 15.6 Å². The maximum Gasteiger partial charge on any atom is 0.263 e. The molecule has 0 saturated heterocycles.